The van der Waals surface area contributed by atoms with Crippen molar-refractivity contribution in [2.24, 2.45) is 0 Å². The Balaban J connectivity index is 1.31. The van der Waals surface area contributed by atoms with Gasteiger partial charge in [0.05, 0.1) is 23.7 Å². The molecule has 3 aromatic rings. The van der Waals surface area contributed by atoms with E-state index in [0.717, 1.165) is 30.8 Å². The lowest BCUT2D eigenvalue weighted by molar-refractivity contribution is 0.0651. The van der Waals surface area contributed by atoms with E-state index in [-0.39, 0.29) is 11.8 Å². The van der Waals surface area contributed by atoms with E-state index in [2.05, 4.69) is 15.0 Å². The summed E-state index contributed by atoms with van der Waals surface area (Å²) in [6.45, 7) is 1.19. The average Bonchev–Trinajstić information content (AvgIpc) is 3.25. The van der Waals surface area contributed by atoms with E-state index in [9.17, 15) is 9.59 Å². The minimum Gasteiger partial charge on any atom is -0.337 e. The lowest BCUT2D eigenvalue weighted by Crippen LogP contribution is -2.30. The smallest absolute Gasteiger partial charge is 0.261 e. The average molecular weight is 347 g/mol. The Morgan fingerprint density at radius 3 is 2.27 bits per heavy atom. The van der Waals surface area contributed by atoms with Gasteiger partial charge >= 0.3 is 0 Å². The summed E-state index contributed by atoms with van der Waals surface area (Å²) >= 11 is 0. The molecule has 1 aliphatic heterocycles. The second kappa shape index (κ2) is 6.87. The number of unbranched alkanes of at least 4 members (excludes halogenated alkanes) is 1. The van der Waals surface area contributed by atoms with E-state index in [1.54, 1.807) is 49.2 Å². The first-order valence-electron chi connectivity index (χ1n) is 8.47. The van der Waals surface area contributed by atoms with Crippen LogP contribution in [-0.2, 0) is 6.54 Å². The molecule has 7 nitrogen and oxygen atoms in total. The third-order valence-electron chi connectivity index (χ3n) is 4.39. The highest BCUT2D eigenvalue weighted by atomic mass is 16.2. The van der Waals surface area contributed by atoms with Crippen molar-refractivity contribution in [1.29, 1.82) is 0 Å². The van der Waals surface area contributed by atoms with Gasteiger partial charge in [-0.25, -0.2) is 4.98 Å². The van der Waals surface area contributed by atoms with Crippen molar-refractivity contribution in [3.63, 3.8) is 0 Å². The zero-order valence-corrected chi connectivity index (χ0v) is 14.1. The molecule has 2 aromatic heterocycles. The van der Waals surface area contributed by atoms with Crippen molar-refractivity contribution in [2.75, 3.05) is 6.54 Å². The van der Waals surface area contributed by atoms with E-state index in [1.807, 2.05) is 10.8 Å². The summed E-state index contributed by atoms with van der Waals surface area (Å²) in [5, 5.41) is 0. The molecule has 0 atom stereocenters. The van der Waals surface area contributed by atoms with Crippen LogP contribution in [0.4, 0.5) is 0 Å². The number of carbonyl (C=O) groups is 2. The summed E-state index contributed by atoms with van der Waals surface area (Å²) in [6, 6.07) is 6.96. The van der Waals surface area contributed by atoms with Gasteiger partial charge < -0.3 is 4.57 Å². The fraction of sp³-hybridized carbons (Fsp3) is 0.211. The first kappa shape index (κ1) is 16.1. The molecule has 0 saturated heterocycles. The molecule has 1 aromatic carbocycles. The maximum Gasteiger partial charge on any atom is 0.261 e. The number of aromatic nitrogens is 4. The van der Waals surface area contributed by atoms with Gasteiger partial charge in [-0.3, -0.25) is 24.5 Å². The van der Waals surface area contributed by atoms with E-state index >= 15 is 0 Å². The Morgan fingerprint density at radius 1 is 0.846 bits per heavy atom. The van der Waals surface area contributed by atoms with Crippen LogP contribution in [0, 0.1) is 0 Å². The normalized spacial score (nSPS) is 13.3. The molecule has 0 bridgehead atoms. The van der Waals surface area contributed by atoms with Crippen LogP contribution in [0.2, 0.25) is 0 Å². The lowest BCUT2D eigenvalue weighted by Gasteiger charge is -2.13. The predicted octanol–water partition coefficient (Wildman–Crippen LogP) is 2.42. The number of hydrogen-bond acceptors (Lipinski definition) is 5. The Kier molecular flexibility index (Phi) is 4.27. The number of amides is 2. The molecule has 0 unspecified atom stereocenters. The molecule has 4 rings (SSSR count). The highest BCUT2D eigenvalue weighted by Gasteiger charge is 2.34. The SMILES string of the molecule is O=C1c2ccccc2C(=O)N1CCCCn1cnc(-c2cnccn2)c1. The number of imidazole rings is 1. The summed E-state index contributed by atoms with van der Waals surface area (Å²) in [7, 11) is 0. The summed E-state index contributed by atoms with van der Waals surface area (Å²) in [5.74, 6) is -0.392. The molecule has 0 fully saturated rings. The van der Waals surface area contributed by atoms with Gasteiger partial charge in [-0.05, 0) is 25.0 Å². The first-order chi connectivity index (χ1) is 12.7. The van der Waals surface area contributed by atoms with Crippen LogP contribution in [0.5, 0.6) is 0 Å². The third-order valence-corrected chi connectivity index (χ3v) is 4.39. The summed E-state index contributed by atoms with van der Waals surface area (Å²) in [5.41, 5.74) is 2.51. The van der Waals surface area contributed by atoms with Crippen molar-refractivity contribution < 1.29 is 9.59 Å². The van der Waals surface area contributed by atoms with Crippen LogP contribution in [0.1, 0.15) is 33.6 Å². The fourth-order valence-corrected chi connectivity index (χ4v) is 3.05. The number of hydrogen-bond donors (Lipinski definition) is 0. The van der Waals surface area contributed by atoms with Gasteiger partial charge in [0.1, 0.15) is 11.4 Å². The molecule has 0 saturated carbocycles. The Bertz CT molecular complexity index is 916. The molecule has 1 aliphatic rings. The van der Waals surface area contributed by atoms with E-state index in [4.69, 9.17) is 0 Å². The zero-order valence-electron chi connectivity index (χ0n) is 14.1. The van der Waals surface area contributed by atoms with Gasteiger partial charge in [0.15, 0.2) is 0 Å². The van der Waals surface area contributed by atoms with Crippen LogP contribution >= 0.6 is 0 Å². The number of rotatable bonds is 6. The molecule has 0 spiro atoms. The van der Waals surface area contributed by atoms with Crippen molar-refractivity contribution in [3.8, 4) is 11.4 Å². The van der Waals surface area contributed by atoms with Gasteiger partial charge in [0.2, 0.25) is 0 Å². The number of benzene rings is 1. The highest BCUT2D eigenvalue weighted by Crippen LogP contribution is 2.22. The van der Waals surface area contributed by atoms with Crippen LogP contribution in [-0.4, -0.2) is 42.8 Å². The topological polar surface area (TPSA) is 81.0 Å². The third kappa shape index (κ3) is 2.99. The monoisotopic (exact) mass is 347 g/mol. The summed E-state index contributed by atoms with van der Waals surface area (Å²) < 4.78 is 1.98. The standard InChI is InChI=1S/C19H17N5O2/c25-18-14-5-1-2-6-15(14)19(26)24(18)10-4-3-9-23-12-17(22-13-23)16-11-20-7-8-21-16/h1-2,5-8,11-13H,3-4,9-10H2. The van der Waals surface area contributed by atoms with Crippen molar-refractivity contribution >= 4 is 11.8 Å². The number of imide groups is 1. The van der Waals surface area contributed by atoms with Gasteiger partial charge in [-0.15, -0.1) is 0 Å². The molecule has 0 radical (unpaired) electrons. The number of aryl methyl sites for hydroxylation is 1. The molecule has 130 valence electrons. The van der Waals surface area contributed by atoms with Gasteiger partial charge in [0, 0.05) is 31.7 Å². The van der Waals surface area contributed by atoms with Crippen molar-refractivity contribution in [1.82, 2.24) is 24.4 Å². The van der Waals surface area contributed by atoms with Crippen molar-refractivity contribution in [3.05, 3.63) is 66.5 Å². The number of fused-ring (bicyclic) bond motifs is 1. The molecular formula is C19H17N5O2. The Labute approximate surface area is 150 Å². The van der Waals surface area contributed by atoms with E-state index in [1.165, 1.54) is 4.90 Å². The summed E-state index contributed by atoms with van der Waals surface area (Å²) in [4.78, 5) is 38.6. The van der Waals surface area contributed by atoms with Crippen LogP contribution in [0.25, 0.3) is 11.4 Å². The number of nitrogens with zero attached hydrogens (tertiary/aromatic N) is 5. The fourth-order valence-electron chi connectivity index (χ4n) is 3.05. The second-order valence-corrected chi connectivity index (χ2v) is 6.10. The first-order valence-corrected chi connectivity index (χ1v) is 8.47. The molecule has 0 aliphatic carbocycles. The Hall–Kier alpha value is -3.35. The lowest BCUT2D eigenvalue weighted by atomic mass is 10.1. The molecule has 2 amide bonds. The maximum absolute atomic E-state index is 12.3. The van der Waals surface area contributed by atoms with Gasteiger partial charge in [-0.1, -0.05) is 12.1 Å². The van der Waals surface area contributed by atoms with Crippen LogP contribution < -0.4 is 0 Å². The van der Waals surface area contributed by atoms with E-state index in [0.29, 0.717) is 17.7 Å². The maximum atomic E-state index is 12.3. The summed E-state index contributed by atoms with van der Waals surface area (Å²) in [6.07, 6.45) is 10.2. The molecule has 26 heavy (non-hydrogen) atoms. The van der Waals surface area contributed by atoms with E-state index < -0.39 is 0 Å². The van der Waals surface area contributed by atoms with Gasteiger partial charge in [0.25, 0.3) is 11.8 Å². The molecule has 7 heteroatoms. The highest BCUT2D eigenvalue weighted by molar-refractivity contribution is 6.21. The predicted molar refractivity (Wildman–Crippen MR) is 94.3 cm³/mol. The quantitative estimate of drug-likeness (QED) is 0.505. The molecular weight excluding hydrogens is 330 g/mol. The minimum absolute atomic E-state index is 0.196. The largest absolute Gasteiger partial charge is 0.337 e. The number of carbonyl (C=O) groups excluding carboxylic acids is 2. The van der Waals surface area contributed by atoms with Crippen LogP contribution in [0.15, 0.2) is 55.4 Å². The second-order valence-electron chi connectivity index (χ2n) is 6.10. The van der Waals surface area contributed by atoms with Crippen LogP contribution in [0.3, 0.4) is 0 Å². The zero-order chi connectivity index (χ0) is 17.9. The Morgan fingerprint density at radius 2 is 1.58 bits per heavy atom. The van der Waals surface area contributed by atoms with Gasteiger partial charge in [-0.2, -0.15) is 0 Å². The van der Waals surface area contributed by atoms with Crippen molar-refractivity contribution in [2.45, 2.75) is 19.4 Å². The molecule has 3 heterocycles. The molecule has 0 N–H and O–H groups in total. The minimum atomic E-state index is -0.196.